The Hall–Kier alpha value is -2.92. The number of rotatable bonds is 11. The average molecular weight is 534 g/mol. The van der Waals surface area contributed by atoms with Crippen molar-refractivity contribution in [1.82, 2.24) is 9.88 Å². The highest BCUT2D eigenvalue weighted by atomic mass is 19.2. The number of aromatic nitrogens is 1. The van der Waals surface area contributed by atoms with Gasteiger partial charge in [-0.3, -0.25) is 9.88 Å². The number of piperidine rings is 1. The molecule has 206 valence electrons. The van der Waals surface area contributed by atoms with Gasteiger partial charge in [-0.15, -0.1) is 0 Å². The Bertz CT molecular complexity index is 1250. The van der Waals surface area contributed by atoms with Crippen LogP contribution in [0, 0.1) is 22.9 Å². The predicted octanol–water partition coefficient (Wildman–Crippen LogP) is 4.09. The van der Waals surface area contributed by atoms with Crippen molar-refractivity contribution in [3.05, 3.63) is 65.1 Å². The first-order valence-corrected chi connectivity index (χ1v) is 12.7. The lowest BCUT2D eigenvalue weighted by Crippen LogP contribution is -2.43. The van der Waals surface area contributed by atoms with E-state index in [9.17, 15) is 23.4 Å². The molecule has 1 aliphatic heterocycles. The van der Waals surface area contributed by atoms with E-state index < -0.39 is 29.3 Å². The summed E-state index contributed by atoms with van der Waals surface area (Å²) >= 11 is 0. The van der Waals surface area contributed by atoms with Crippen molar-refractivity contribution in [1.29, 1.82) is 0 Å². The van der Waals surface area contributed by atoms with Crippen LogP contribution >= 0.6 is 0 Å². The Labute approximate surface area is 220 Å². The first-order chi connectivity index (χ1) is 18.3. The molecular formula is C28H34F3N3O4. The molecular weight excluding hydrogens is 499 g/mol. The molecule has 1 unspecified atom stereocenters. The highest BCUT2D eigenvalue weighted by Crippen LogP contribution is 2.39. The van der Waals surface area contributed by atoms with Gasteiger partial charge in [0.25, 0.3) is 0 Å². The number of aliphatic hydroxyl groups is 2. The van der Waals surface area contributed by atoms with Gasteiger partial charge in [-0.25, -0.2) is 8.78 Å². The molecule has 2 heterocycles. The summed E-state index contributed by atoms with van der Waals surface area (Å²) in [7, 11) is 1.58. The van der Waals surface area contributed by atoms with Crippen molar-refractivity contribution in [2.45, 2.75) is 38.3 Å². The highest BCUT2D eigenvalue weighted by molar-refractivity contribution is 5.85. The number of hydrogen-bond acceptors (Lipinski definition) is 7. The molecule has 0 radical (unpaired) electrons. The molecule has 4 rings (SSSR count). The fraction of sp³-hybridized carbons (Fsp3) is 0.464. The number of nitrogens with two attached hydrogens (primary N) is 1. The van der Waals surface area contributed by atoms with E-state index in [0.29, 0.717) is 57.1 Å². The summed E-state index contributed by atoms with van der Waals surface area (Å²) in [4.78, 5) is 6.56. The topological polar surface area (TPSA) is 101 Å². The van der Waals surface area contributed by atoms with Crippen molar-refractivity contribution in [2.24, 2.45) is 11.1 Å². The quantitative estimate of drug-likeness (QED) is 0.319. The van der Waals surface area contributed by atoms with E-state index >= 15 is 0 Å². The molecule has 4 N–H and O–H groups in total. The first-order valence-electron chi connectivity index (χ1n) is 12.7. The van der Waals surface area contributed by atoms with E-state index in [1.165, 1.54) is 0 Å². The number of fused-ring (bicyclic) bond motifs is 1. The van der Waals surface area contributed by atoms with Crippen LogP contribution in [0.4, 0.5) is 13.2 Å². The van der Waals surface area contributed by atoms with Crippen LogP contribution in [-0.2, 0) is 6.54 Å². The Morgan fingerprint density at radius 1 is 1.16 bits per heavy atom. The summed E-state index contributed by atoms with van der Waals surface area (Å²) in [5.41, 5.74) is 7.85. The van der Waals surface area contributed by atoms with Gasteiger partial charge in [0.1, 0.15) is 18.2 Å². The normalized spacial score (nSPS) is 16.5. The minimum atomic E-state index is -1.29. The zero-order chi connectivity index (χ0) is 27.3. The van der Waals surface area contributed by atoms with Crippen LogP contribution in [0.3, 0.4) is 0 Å². The van der Waals surface area contributed by atoms with Crippen molar-refractivity contribution in [2.75, 3.05) is 40.0 Å². The second-order valence-corrected chi connectivity index (χ2v) is 9.89. The van der Waals surface area contributed by atoms with E-state index in [0.717, 1.165) is 28.1 Å². The summed E-state index contributed by atoms with van der Waals surface area (Å²) in [6.07, 6.45) is 3.36. The van der Waals surface area contributed by atoms with Gasteiger partial charge in [0.05, 0.1) is 18.7 Å². The number of ether oxygens (including phenoxy) is 2. The number of nitrogens with zero attached hydrogens (tertiary/aromatic N) is 2. The molecule has 1 fully saturated rings. The van der Waals surface area contributed by atoms with E-state index in [2.05, 4.69) is 9.88 Å². The van der Waals surface area contributed by atoms with Crippen LogP contribution in [0.1, 0.15) is 42.9 Å². The molecule has 7 nitrogen and oxygen atoms in total. The smallest absolute Gasteiger partial charge is 0.200 e. The molecule has 0 amide bonds. The third-order valence-electron chi connectivity index (χ3n) is 7.58. The molecule has 3 aromatic rings. The molecule has 1 atom stereocenters. The van der Waals surface area contributed by atoms with Gasteiger partial charge in [0.15, 0.2) is 11.6 Å². The fourth-order valence-electron chi connectivity index (χ4n) is 5.16. The Morgan fingerprint density at radius 2 is 1.92 bits per heavy atom. The lowest BCUT2D eigenvalue weighted by Gasteiger charge is -2.41. The molecule has 10 heteroatoms. The lowest BCUT2D eigenvalue weighted by molar-refractivity contribution is 0.0203. The molecule has 0 bridgehead atoms. The summed E-state index contributed by atoms with van der Waals surface area (Å²) in [6, 6.07) is 6.82. The molecule has 1 saturated heterocycles. The maximum absolute atomic E-state index is 13.8. The lowest BCUT2D eigenvalue weighted by atomic mass is 9.74. The number of pyridine rings is 1. The largest absolute Gasteiger partial charge is 0.497 e. The average Bonchev–Trinajstić information content (AvgIpc) is 2.94. The fourth-order valence-corrected chi connectivity index (χ4v) is 5.16. The van der Waals surface area contributed by atoms with Crippen molar-refractivity contribution in [3.63, 3.8) is 0 Å². The van der Waals surface area contributed by atoms with E-state index in [1.807, 2.05) is 18.2 Å². The third kappa shape index (κ3) is 6.20. The number of likely N-dealkylation sites (tertiary alicyclic amines) is 1. The monoisotopic (exact) mass is 533 g/mol. The summed E-state index contributed by atoms with van der Waals surface area (Å²) in [5, 5.41) is 22.3. The molecule has 1 aromatic heterocycles. The van der Waals surface area contributed by atoms with Crippen LogP contribution in [0.5, 0.6) is 11.5 Å². The molecule has 1 aliphatic rings. The Kier molecular flexibility index (Phi) is 9.09. The number of benzene rings is 2. The highest BCUT2D eigenvalue weighted by Gasteiger charge is 2.34. The number of methoxy groups -OCH3 is 1. The van der Waals surface area contributed by atoms with Gasteiger partial charge in [0, 0.05) is 43.4 Å². The predicted molar refractivity (Wildman–Crippen MR) is 137 cm³/mol. The van der Waals surface area contributed by atoms with E-state index in [4.69, 9.17) is 15.2 Å². The molecule has 38 heavy (non-hydrogen) atoms. The van der Waals surface area contributed by atoms with Crippen LogP contribution in [0.2, 0.25) is 0 Å². The number of halogens is 3. The SMILES string of the molecule is COc1ccc2ncc(CN)c(C(O)CCC3(CO)CCN(CCOc4cc(F)cc(F)c4F)CC3)c2c1. The van der Waals surface area contributed by atoms with E-state index in [-0.39, 0.29) is 25.2 Å². The van der Waals surface area contributed by atoms with Crippen LogP contribution in [0.15, 0.2) is 36.5 Å². The van der Waals surface area contributed by atoms with Crippen LogP contribution in [-0.4, -0.2) is 60.1 Å². The van der Waals surface area contributed by atoms with Gasteiger partial charge in [-0.1, -0.05) is 0 Å². The minimum Gasteiger partial charge on any atom is -0.497 e. The summed E-state index contributed by atoms with van der Waals surface area (Å²) in [5.74, 6) is -3.18. The van der Waals surface area contributed by atoms with Gasteiger partial charge < -0.3 is 25.4 Å². The third-order valence-corrected chi connectivity index (χ3v) is 7.58. The maximum atomic E-state index is 13.8. The zero-order valence-corrected chi connectivity index (χ0v) is 21.4. The molecule has 0 spiro atoms. The van der Waals surface area contributed by atoms with Crippen molar-refractivity contribution < 1.29 is 32.9 Å². The summed E-state index contributed by atoms with van der Waals surface area (Å²) < 4.78 is 51.2. The number of hydrogen-bond donors (Lipinski definition) is 3. The first kappa shape index (κ1) is 28.1. The van der Waals surface area contributed by atoms with Crippen molar-refractivity contribution in [3.8, 4) is 11.5 Å². The van der Waals surface area contributed by atoms with Crippen LogP contribution < -0.4 is 15.2 Å². The van der Waals surface area contributed by atoms with Gasteiger partial charge in [-0.2, -0.15) is 4.39 Å². The van der Waals surface area contributed by atoms with Gasteiger partial charge in [-0.05, 0) is 73.5 Å². The minimum absolute atomic E-state index is 0.00744. The van der Waals surface area contributed by atoms with Crippen LogP contribution in [0.25, 0.3) is 10.9 Å². The second kappa shape index (κ2) is 12.3. The molecule has 0 saturated carbocycles. The zero-order valence-electron chi connectivity index (χ0n) is 21.4. The molecule has 2 aromatic carbocycles. The summed E-state index contributed by atoms with van der Waals surface area (Å²) in [6.45, 7) is 2.10. The Balaban J connectivity index is 1.35. The van der Waals surface area contributed by atoms with E-state index in [1.54, 1.807) is 13.3 Å². The van der Waals surface area contributed by atoms with Crippen molar-refractivity contribution >= 4 is 10.9 Å². The van der Waals surface area contributed by atoms with Gasteiger partial charge >= 0.3 is 0 Å². The second-order valence-electron chi connectivity index (χ2n) is 9.89. The maximum Gasteiger partial charge on any atom is 0.200 e. The Morgan fingerprint density at radius 3 is 2.61 bits per heavy atom. The molecule has 0 aliphatic carbocycles. The van der Waals surface area contributed by atoms with Gasteiger partial charge in [0.2, 0.25) is 5.82 Å². The number of aliphatic hydroxyl groups excluding tert-OH is 2. The standard InChI is InChI=1S/C28H34F3N3O4/c1-37-20-2-3-23-21(14-20)26(18(15-32)16-33-23)24(36)4-5-28(17-35)6-8-34(9-7-28)10-11-38-25-13-19(29)12-22(30)27(25)31/h2-3,12-14,16,24,35-36H,4-11,15,17,32H2,1H3.